The van der Waals surface area contributed by atoms with E-state index in [4.69, 9.17) is 9.40 Å². The lowest BCUT2D eigenvalue weighted by atomic mass is 10.2. The van der Waals surface area contributed by atoms with Gasteiger partial charge < -0.3 is 14.2 Å². The maximum atomic E-state index is 11.4. The molecule has 0 unspecified atom stereocenters. The Bertz CT molecular complexity index is 1130. The van der Waals surface area contributed by atoms with E-state index in [1.165, 1.54) is 6.07 Å². The van der Waals surface area contributed by atoms with Crippen molar-refractivity contribution < 1.29 is 4.42 Å². The molecule has 6 nitrogen and oxygen atoms in total. The van der Waals surface area contributed by atoms with E-state index >= 15 is 0 Å². The summed E-state index contributed by atoms with van der Waals surface area (Å²) in [4.78, 5) is 25.3. The predicted octanol–water partition coefficient (Wildman–Crippen LogP) is 3.12. The van der Waals surface area contributed by atoms with Gasteiger partial charge in [0.1, 0.15) is 11.4 Å². The van der Waals surface area contributed by atoms with Crippen molar-refractivity contribution in [3.05, 3.63) is 59.1 Å². The van der Waals surface area contributed by atoms with E-state index in [0.29, 0.717) is 5.58 Å². The van der Waals surface area contributed by atoms with E-state index in [2.05, 4.69) is 14.8 Å². The van der Waals surface area contributed by atoms with Crippen LogP contribution in [0.2, 0.25) is 0 Å². The number of hydrogen-bond acceptors (Lipinski definition) is 7. The molecule has 130 valence electrons. The third-order valence-corrected chi connectivity index (χ3v) is 5.83. The second-order valence-electron chi connectivity index (χ2n) is 6.24. The van der Waals surface area contributed by atoms with Crippen molar-refractivity contribution in [2.45, 2.75) is 0 Å². The van der Waals surface area contributed by atoms with Gasteiger partial charge in [-0.25, -0.2) is 14.8 Å². The number of thiazole rings is 1. The van der Waals surface area contributed by atoms with Crippen molar-refractivity contribution in [2.75, 3.05) is 36.0 Å². The fraction of sp³-hybridized carbons (Fsp3) is 0.211. The van der Waals surface area contributed by atoms with Crippen LogP contribution in [0.3, 0.4) is 0 Å². The third kappa shape index (κ3) is 2.61. The van der Waals surface area contributed by atoms with Gasteiger partial charge in [-0.1, -0.05) is 17.4 Å². The molecule has 7 heteroatoms. The van der Waals surface area contributed by atoms with Crippen LogP contribution in [0.25, 0.3) is 21.2 Å². The maximum absolute atomic E-state index is 11.4. The van der Waals surface area contributed by atoms with Crippen molar-refractivity contribution in [1.29, 1.82) is 0 Å². The topological polar surface area (TPSA) is 62.5 Å². The van der Waals surface area contributed by atoms with Crippen LogP contribution in [0.15, 0.2) is 57.9 Å². The van der Waals surface area contributed by atoms with Gasteiger partial charge in [-0.2, -0.15) is 0 Å². The summed E-state index contributed by atoms with van der Waals surface area (Å²) in [6.07, 6.45) is 1.83. The molecule has 1 aliphatic rings. The van der Waals surface area contributed by atoms with Crippen LogP contribution >= 0.6 is 11.3 Å². The Hall–Kier alpha value is -2.93. The molecule has 0 atom stereocenters. The number of anilines is 2. The largest absolute Gasteiger partial charge is 0.423 e. The Balaban J connectivity index is 1.43. The number of piperazine rings is 1. The minimum Gasteiger partial charge on any atom is -0.423 e. The first-order valence-electron chi connectivity index (χ1n) is 8.52. The molecule has 4 aromatic rings. The van der Waals surface area contributed by atoms with Gasteiger partial charge in [0.15, 0.2) is 5.13 Å². The predicted molar refractivity (Wildman–Crippen MR) is 104 cm³/mol. The molecule has 4 heterocycles. The summed E-state index contributed by atoms with van der Waals surface area (Å²) in [5.74, 6) is 1.03. The van der Waals surface area contributed by atoms with E-state index in [1.54, 1.807) is 11.3 Å². The number of hydrogen-bond donors (Lipinski definition) is 0. The lowest BCUT2D eigenvalue weighted by Gasteiger charge is -2.35. The number of nitrogens with zero attached hydrogens (tertiary/aromatic N) is 4. The van der Waals surface area contributed by atoms with Crippen LogP contribution in [0, 0.1) is 0 Å². The number of rotatable bonds is 2. The summed E-state index contributed by atoms with van der Waals surface area (Å²) in [7, 11) is 0. The standard InChI is InChI=1S/C19H16N4O2S/c24-17-7-4-13-15(25-17)6-5-14-18(13)26-19(21-14)23-11-9-22(10-12-23)16-3-1-2-8-20-16/h1-8H,9-12H2. The van der Waals surface area contributed by atoms with Gasteiger partial charge >= 0.3 is 5.63 Å². The van der Waals surface area contributed by atoms with Crippen LogP contribution in [-0.2, 0) is 0 Å². The summed E-state index contributed by atoms with van der Waals surface area (Å²) in [6, 6.07) is 13.0. The van der Waals surface area contributed by atoms with E-state index in [1.807, 2.05) is 42.6 Å². The molecular weight excluding hydrogens is 348 g/mol. The molecule has 0 bridgehead atoms. The number of fused-ring (bicyclic) bond motifs is 3. The highest BCUT2D eigenvalue weighted by molar-refractivity contribution is 7.23. The summed E-state index contributed by atoms with van der Waals surface area (Å²) < 4.78 is 6.35. The molecule has 1 fully saturated rings. The number of pyridine rings is 1. The molecule has 1 saturated heterocycles. The van der Waals surface area contributed by atoms with Crippen molar-refractivity contribution in [3.63, 3.8) is 0 Å². The highest BCUT2D eigenvalue weighted by Gasteiger charge is 2.21. The van der Waals surface area contributed by atoms with E-state index in [-0.39, 0.29) is 5.63 Å². The summed E-state index contributed by atoms with van der Waals surface area (Å²) in [6.45, 7) is 3.65. The average Bonchev–Trinajstić information content (AvgIpc) is 3.13. The van der Waals surface area contributed by atoms with E-state index < -0.39 is 0 Å². The van der Waals surface area contributed by atoms with Crippen molar-refractivity contribution >= 4 is 43.5 Å². The van der Waals surface area contributed by atoms with Crippen LogP contribution in [0.1, 0.15) is 0 Å². The second kappa shape index (κ2) is 6.10. The molecule has 1 aliphatic heterocycles. The average molecular weight is 364 g/mol. The van der Waals surface area contributed by atoms with Gasteiger partial charge in [0.25, 0.3) is 0 Å². The molecule has 3 aromatic heterocycles. The summed E-state index contributed by atoms with van der Waals surface area (Å²) in [5, 5.41) is 1.96. The highest BCUT2D eigenvalue weighted by Crippen LogP contribution is 2.34. The Kier molecular flexibility index (Phi) is 3.60. The summed E-state index contributed by atoms with van der Waals surface area (Å²) >= 11 is 1.65. The zero-order valence-electron chi connectivity index (χ0n) is 14.0. The first kappa shape index (κ1) is 15.3. The van der Waals surface area contributed by atoms with Crippen LogP contribution in [0.4, 0.5) is 10.9 Å². The molecule has 0 N–H and O–H groups in total. The van der Waals surface area contributed by atoms with Crippen molar-refractivity contribution in [3.8, 4) is 0 Å². The molecule has 0 radical (unpaired) electrons. The summed E-state index contributed by atoms with van der Waals surface area (Å²) in [5.41, 5.74) is 1.23. The van der Waals surface area contributed by atoms with Crippen LogP contribution in [0.5, 0.6) is 0 Å². The molecule has 1 aromatic carbocycles. The minimum absolute atomic E-state index is 0.327. The fourth-order valence-electron chi connectivity index (χ4n) is 3.33. The molecule has 0 aliphatic carbocycles. The highest BCUT2D eigenvalue weighted by atomic mass is 32.1. The van der Waals surface area contributed by atoms with Gasteiger partial charge in [0, 0.05) is 43.8 Å². The first-order chi connectivity index (χ1) is 12.8. The molecule has 0 spiro atoms. The van der Waals surface area contributed by atoms with Crippen molar-refractivity contribution in [2.24, 2.45) is 0 Å². The normalized spacial score (nSPS) is 15.1. The molecule has 0 saturated carbocycles. The zero-order valence-corrected chi connectivity index (χ0v) is 14.8. The number of benzene rings is 1. The Morgan fingerprint density at radius 2 is 1.81 bits per heavy atom. The van der Waals surface area contributed by atoms with Gasteiger partial charge in [0.05, 0.1) is 10.2 Å². The lowest BCUT2D eigenvalue weighted by molar-refractivity contribution is 0.561. The smallest absolute Gasteiger partial charge is 0.336 e. The van der Waals surface area contributed by atoms with Gasteiger partial charge in [-0.15, -0.1) is 0 Å². The van der Waals surface area contributed by atoms with Gasteiger partial charge in [-0.3, -0.25) is 0 Å². The minimum atomic E-state index is -0.327. The third-order valence-electron chi connectivity index (χ3n) is 4.66. The fourth-order valence-corrected chi connectivity index (χ4v) is 4.46. The Morgan fingerprint density at radius 1 is 0.962 bits per heavy atom. The Labute approximate surface area is 153 Å². The second-order valence-corrected chi connectivity index (χ2v) is 7.22. The van der Waals surface area contributed by atoms with E-state index in [9.17, 15) is 4.79 Å². The van der Waals surface area contributed by atoms with Gasteiger partial charge in [-0.05, 0) is 30.3 Å². The monoisotopic (exact) mass is 364 g/mol. The SMILES string of the molecule is O=c1ccc2c(ccc3nc(N4CCN(c5ccccn5)CC4)sc32)o1. The molecule has 5 rings (SSSR count). The molecular formula is C19H16N4O2S. The van der Waals surface area contributed by atoms with Gasteiger partial charge in [0.2, 0.25) is 0 Å². The number of aromatic nitrogens is 2. The molecule has 26 heavy (non-hydrogen) atoms. The molecule has 0 amide bonds. The lowest BCUT2D eigenvalue weighted by Crippen LogP contribution is -2.46. The maximum Gasteiger partial charge on any atom is 0.336 e. The van der Waals surface area contributed by atoms with E-state index in [0.717, 1.165) is 52.7 Å². The zero-order chi connectivity index (χ0) is 17.5. The van der Waals surface area contributed by atoms with Crippen molar-refractivity contribution in [1.82, 2.24) is 9.97 Å². The Morgan fingerprint density at radius 3 is 2.62 bits per heavy atom. The quantitative estimate of drug-likeness (QED) is 0.509. The first-order valence-corrected chi connectivity index (χ1v) is 9.34. The van der Waals surface area contributed by atoms with Crippen LogP contribution < -0.4 is 15.4 Å². The van der Waals surface area contributed by atoms with Crippen LogP contribution in [-0.4, -0.2) is 36.1 Å².